The van der Waals surface area contributed by atoms with Crippen molar-refractivity contribution in [2.24, 2.45) is 0 Å². The molecule has 144 valence electrons. The molecule has 0 spiro atoms. The number of nitrogens with zero attached hydrogens (tertiary/aromatic N) is 5. The van der Waals surface area contributed by atoms with Crippen molar-refractivity contribution in [1.82, 2.24) is 14.2 Å². The number of pyridine rings is 1. The zero-order valence-corrected chi connectivity index (χ0v) is 15.9. The van der Waals surface area contributed by atoms with E-state index in [1.807, 2.05) is 24.3 Å². The fourth-order valence-electron chi connectivity index (χ4n) is 3.98. The first kappa shape index (κ1) is 17.4. The summed E-state index contributed by atoms with van der Waals surface area (Å²) in [5.41, 5.74) is 0.610. The van der Waals surface area contributed by atoms with Crippen molar-refractivity contribution in [3.8, 4) is 6.07 Å². The Balaban J connectivity index is 1.41. The number of fused-ring (bicyclic) bond motifs is 1. The highest BCUT2D eigenvalue weighted by atomic mass is 32.2. The predicted octanol–water partition coefficient (Wildman–Crippen LogP) is 1.55. The van der Waals surface area contributed by atoms with Crippen molar-refractivity contribution in [3.63, 3.8) is 0 Å². The van der Waals surface area contributed by atoms with Crippen LogP contribution in [0.2, 0.25) is 0 Å². The van der Waals surface area contributed by atoms with Crippen LogP contribution < -0.4 is 4.90 Å². The van der Waals surface area contributed by atoms with Gasteiger partial charge in [0.1, 0.15) is 6.04 Å². The minimum Gasteiger partial charge on any atom is -0.315 e. The van der Waals surface area contributed by atoms with Gasteiger partial charge in [0.05, 0.1) is 35.8 Å². The Morgan fingerprint density at radius 2 is 1.86 bits per heavy atom. The van der Waals surface area contributed by atoms with Gasteiger partial charge in [0.25, 0.3) is 0 Å². The first-order chi connectivity index (χ1) is 13.5. The Bertz CT molecular complexity index is 1100. The van der Waals surface area contributed by atoms with E-state index in [-0.39, 0.29) is 23.9 Å². The van der Waals surface area contributed by atoms with Crippen molar-refractivity contribution in [1.29, 1.82) is 5.26 Å². The number of sulfonamides is 1. The Labute approximate surface area is 163 Å². The maximum Gasteiger partial charge on any atom is 0.326 e. The van der Waals surface area contributed by atoms with Crippen LogP contribution in [0.4, 0.5) is 10.5 Å². The minimum absolute atomic E-state index is 0.190. The average molecular weight is 397 g/mol. The van der Waals surface area contributed by atoms with Gasteiger partial charge >= 0.3 is 6.03 Å². The lowest BCUT2D eigenvalue weighted by Crippen LogP contribution is -2.62. The summed E-state index contributed by atoms with van der Waals surface area (Å²) in [5, 5.41) is 11.2. The van der Waals surface area contributed by atoms with Gasteiger partial charge in [-0.05, 0) is 12.8 Å². The van der Waals surface area contributed by atoms with Gasteiger partial charge in [-0.25, -0.2) is 13.2 Å². The van der Waals surface area contributed by atoms with Gasteiger partial charge in [0.2, 0.25) is 10.0 Å². The number of aromatic nitrogens is 1. The van der Waals surface area contributed by atoms with E-state index in [2.05, 4.69) is 11.1 Å². The zero-order valence-electron chi connectivity index (χ0n) is 15.1. The number of nitriles is 1. The van der Waals surface area contributed by atoms with Crippen LogP contribution in [0.5, 0.6) is 0 Å². The lowest BCUT2D eigenvalue weighted by Gasteiger charge is -2.42. The summed E-state index contributed by atoms with van der Waals surface area (Å²) in [6.45, 7) is 0.884. The van der Waals surface area contributed by atoms with Crippen LogP contribution in [0.1, 0.15) is 12.8 Å². The number of amides is 2. The fourth-order valence-corrected chi connectivity index (χ4v) is 5.90. The van der Waals surface area contributed by atoms with E-state index in [4.69, 9.17) is 0 Å². The van der Waals surface area contributed by atoms with Crippen molar-refractivity contribution >= 4 is 32.5 Å². The van der Waals surface area contributed by atoms with Crippen LogP contribution in [0, 0.1) is 11.3 Å². The van der Waals surface area contributed by atoms with E-state index in [0.29, 0.717) is 18.8 Å². The molecule has 3 heterocycles. The Morgan fingerprint density at radius 3 is 2.57 bits per heavy atom. The second-order valence-corrected chi connectivity index (χ2v) is 9.76. The highest BCUT2D eigenvalue weighted by Crippen LogP contribution is 2.36. The lowest BCUT2D eigenvalue weighted by molar-refractivity contribution is 0.124. The molecular weight excluding hydrogens is 378 g/mol. The van der Waals surface area contributed by atoms with E-state index >= 15 is 0 Å². The van der Waals surface area contributed by atoms with Gasteiger partial charge in [-0.1, -0.05) is 24.3 Å². The molecule has 9 heteroatoms. The highest BCUT2D eigenvalue weighted by Gasteiger charge is 2.50. The summed E-state index contributed by atoms with van der Waals surface area (Å²) in [4.78, 5) is 20.5. The number of anilines is 1. The third-order valence-corrected chi connectivity index (χ3v) is 8.10. The van der Waals surface area contributed by atoms with E-state index in [0.717, 1.165) is 23.6 Å². The van der Waals surface area contributed by atoms with Gasteiger partial charge in [-0.2, -0.15) is 9.57 Å². The van der Waals surface area contributed by atoms with E-state index in [1.165, 1.54) is 9.21 Å². The molecule has 1 aliphatic carbocycles. The standard InChI is InChI=1S/C19H19N5O3S/c20-7-14-12-23(15-10-22(11-15)28(26,27)16-5-6-16)19(25)24(14)18-9-21-8-13-3-1-2-4-17(13)18/h1-4,8-9,14-16H,5-6,10-12H2/t14-/m1/s1. The highest BCUT2D eigenvalue weighted by molar-refractivity contribution is 7.90. The minimum atomic E-state index is -3.22. The molecular formula is C19H19N5O3S. The molecule has 0 unspecified atom stereocenters. The first-order valence-corrected chi connectivity index (χ1v) is 10.8. The van der Waals surface area contributed by atoms with Crippen molar-refractivity contribution < 1.29 is 13.2 Å². The van der Waals surface area contributed by atoms with Crippen molar-refractivity contribution in [2.75, 3.05) is 24.5 Å². The lowest BCUT2D eigenvalue weighted by atomic mass is 10.1. The van der Waals surface area contributed by atoms with Crippen LogP contribution >= 0.6 is 0 Å². The number of urea groups is 1. The Morgan fingerprint density at radius 1 is 1.11 bits per heavy atom. The SMILES string of the molecule is N#C[C@@H]1CN(C2CN(S(=O)(=O)C3CC3)C2)C(=O)N1c1cncc2ccccc12. The smallest absolute Gasteiger partial charge is 0.315 e. The Hall–Kier alpha value is -2.70. The maximum absolute atomic E-state index is 13.2. The first-order valence-electron chi connectivity index (χ1n) is 9.32. The summed E-state index contributed by atoms with van der Waals surface area (Å²) < 4.78 is 26.1. The van der Waals surface area contributed by atoms with Crippen LogP contribution in [0.15, 0.2) is 36.7 Å². The van der Waals surface area contributed by atoms with Crippen molar-refractivity contribution in [3.05, 3.63) is 36.7 Å². The van der Waals surface area contributed by atoms with Gasteiger partial charge < -0.3 is 4.90 Å². The third-order valence-electron chi connectivity index (χ3n) is 5.76. The number of carbonyl (C=O) groups is 1. The van der Waals surface area contributed by atoms with Crippen LogP contribution in [-0.2, 0) is 10.0 Å². The summed E-state index contributed by atoms with van der Waals surface area (Å²) in [6.07, 6.45) is 4.79. The molecule has 2 amide bonds. The van der Waals surface area contributed by atoms with Gasteiger partial charge in [0.15, 0.2) is 0 Å². The molecule has 2 aromatic rings. The molecule has 2 saturated heterocycles. The van der Waals surface area contributed by atoms with Crippen LogP contribution in [0.25, 0.3) is 10.8 Å². The molecule has 1 aromatic heterocycles. The molecule has 0 bridgehead atoms. The number of hydrogen-bond acceptors (Lipinski definition) is 5. The van der Waals surface area contributed by atoms with Gasteiger partial charge in [0, 0.05) is 30.1 Å². The molecule has 1 aromatic carbocycles. The molecule has 8 nitrogen and oxygen atoms in total. The average Bonchev–Trinajstić information content (AvgIpc) is 3.46. The largest absolute Gasteiger partial charge is 0.326 e. The number of benzene rings is 1. The molecule has 0 radical (unpaired) electrons. The zero-order chi connectivity index (χ0) is 19.5. The maximum atomic E-state index is 13.2. The number of rotatable bonds is 4. The second kappa shape index (κ2) is 6.15. The molecule has 0 N–H and O–H groups in total. The Kier molecular flexibility index (Phi) is 3.82. The molecule has 3 fully saturated rings. The monoisotopic (exact) mass is 397 g/mol. The topological polar surface area (TPSA) is 97.6 Å². The summed E-state index contributed by atoms with van der Waals surface area (Å²) >= 11 is 0. The molecule has 1 atom stereocenters. The van der Waals surface area contributed by atoms with Gasteiger partial charge in [-0.15, -0.1) is 0 Å². The molecule has 5 rings (SSSR count). The van der Waals surface area contributed by atoms with E-state index in [9.17, 15) is 18.5 Å². The summed E-state index contributed by atoms with van der Waals surface area (Å²) in [5.74, 6) is 0. The third kappa shape index (κ3) is 2.56. The molecule has 1 saturated carbocycles. The van der Waals surface area contributed by atoms with E-state index in [1.54, 1.807) is 17.3 Å². The van der Waals surface area contributed by atoms with Crippen molar-refractivity contribution in [2.45, 2.75) is 30.2 Å². The quantitative estimate of drug-likeness (QED) is 0.780. The fraction of sp³-hybridized carbons (Fsp3) is 0.421. The van der Waals surface area contributed by atoms with E-state index < -0.39 is 16.1 Å². The number of hydrogen-bond donors (Lipinski definition) is 0. The predicted molar refractivity (Wildman–Crippen MR) is 103 cm³/mol. The van der Waals surface area contributed by atoms with Gasteiger partial charge in [-0.3, -0.25) is 9.88 Å². The molecule has 28 heavy (non-hydrogen) atoms. The summed E-state index contributed by atoms with van der Waals surface area (Å²) in [6, 6.07) is 8.74. The summed E-state index contributed by atoms with van der Waals surface area (Å²) in [7, 11) is -3.22. The number of carbonyl (C=O) groups excluding carboxylic acids is 1. The van der Waals surface area contributed by atoms with Crippen LogP contribution in [-0.4, -0.2) is 65.6 Å². The molecule has 2 aliphatic heterocycles. The second-order valence-electron chi connectivity index (χ2n) is 7.54. The van der Waals surface area contributed by atoms with Crippen LogP contribution in [0.3, 0.4) is 0 Å². The normalized spacial score (nSPS) is 23.8. The molecule has 3 aliphatic rings.